The molecule has 1 aliphatic rings. The highest BCUT2D eigenvalue weighted by Gasteiger charge is 2.30. The molecule has 0 spiro atoms. The van der Waals surface area contributed by atoms with E-state index in [9.17, 15) is 22.8 Å². The number of rotatable bonds is 2. The fraction of sp³-hybridized carbons (Fsp3) is 0.286. The van der Waals surface area contributed by atoms with Crippen molar-refractivity contribution in [2.24, 2.45) is 5.73 Å². The number of nitrogens with zero attached hydrogens (tertiary/aromatic N) is 1. The molecule has 1 aromatic carbocycles. The van der Waals surface area contributed by atoms with Crippen LogP contribution >= 0.6 is 11.3 Å². The summed E-state index contributed by atoms with van der Waals surface area (Å²) in [4.78, 5) is 24.2. The van der Waals surface area contributed by atoms with E-state index in [-0.39, 0.29) is 19.1 Å². The monoisotopic (exact) mass is 344 g/mol. The Hall–Kier alpha value is -2.13. The summed E-state index contributed by atoms with van der Waals surface area (Å²) in [6.07, 6.45) is 0.507. The van der Waals surface area contributed by atoms with Crippen molar-refractivity contribution in [3.05, 3.63) is 38.6 Å². The summed E-state index contributed by atoms with van der Waals surface area (Å²) >= 11 is 0.549. The molecule has 5 nitrogen and oxygen atoms in total. The molecule has 2 heterocycles. The molecular weight excluding hydrogens is 333 g/mol. The van der Waals surface area contributed by atoms with Crippen LogP contribution in [0.25, 0.3) is 10.1 Å². The normalized spacial score (nSPS) is 17.9. The van der Waals surface area contributed by atoms with Gasteiger partial charge in [-0.15, -0.1) is 11.3 Å². The molecule has 2 aromatic rings. The van der Waals surface area contributed by atoms with E-state index in [0.29, 0.717) is 17.8 Å². The minimum absolute atomic E-state index is 0.168. The molecule has 0 saturated carbocycles. The van der Waals surface area contributed by atoms with Crippen LogP contribution in [-0.2, 0) is 0 Å². The van der Waals surface area contributed by atoms with Gasteiger partial charge in [-0.3, -0.25) is 4.79 Å². The lowest BCUT2D eigenvalue weighted by atomic mass is 10.1. The maximum absolute atomic E-state index is 14.6. The maximum atomic E-state index is 14.6. The van der Waals surface area contributed by atoms with Gasteiger partial charge in [0.1, 0.15) is 11.3 Å². The highest BCUT2D eigenvalue weighted by atomic mass is 32.1. The second-order valence-electron chi connectivity index (χ2n) is 5.27. The Morgan fingerprint density at radius 2 is 2.00 bits per heavy atom. The third-order valence-corrected chi connectivity index (χ3v) is 4.76. The molecular formula is C14H11F3N2O3S. The number of aromatic carboxylic acids is 1. The molecule has 1 fully saturated rings. The number of benzene rings is 1. The second-order valence-corrected chi connectivity index (χ2v) is 6.15. The van der Waals surface area contributed by atoms with E-state index in [2.05, 4.69) is 0 Å². The Morgan fingerprint density at radius 3 is 2.57 bits per heavy atom. The van der Waals surface area contributed by atoms with E-state index < -0.39 is 50.2 Å². The van der Waals surface area contributed by atoms with Crippen molar-refractivity contribution in [3.63, 3.8) is 0 Å². The molecule has 3 N–H and O–H groups in total. The van der Waals surface area contributed by atoms with Crippen LogP contribution in [0, 0.1) is 17.5 Å². The Kier molecular flexibility index (Phi) is 3.77. The van der Waals surface area contributed by atoms with Gasteiger partial charge in [0.05, 0.1) is 10.1 Å². The summed E-state index contributed by atoms with van der Waals surface area (Å²) in [6, 6.07) is -0.277. The number of fused-ring (bicyclic) bond motifs is 1. The summed E-state index contributed by atoms with van der Waals surface area (Å²) in [6.45, 7) is 0.433. The quantitative estimate of drug-likeness (QED) is 0.813. The molecule has 3 rings (SSSR count). The lowest BCUT2D eigenvalue weighted by molar-refractivity contribution is 0.0696. The highest BCUT2D eigenvalue weighted by Crippen LogP contribution is 2.35. The van der Waals surface area contributed by atoms with Gasteiger partial charge in [0, 0.05) is 24.5 Å². The molecule has 0 bridgehead atoms. The smallest absolute Gasteiger partial charge is 0.340 e. The molecule has 1 saturated heterocycles. The van der Waals surface area contributed by atoms with E-state index in [1.165, 1.54) is 4.90 Å². The maximum Gasteiger partial charge on any atom is 0.340 e. The van der Waals surface area contributed by atoms with Crippen LogP contribution < -0.4 is 16.1 Å². The Balaban J connectivity index is 2.33. The van der Waals surface area contributed by atoms with Crippen molar-refractivity contribution in [1.82, 2.24) is 0 Å². The molecule has 1 atom stereocenters. The van der Waals surface area contributed by atoms with Gasteiger partial charge in [0.15, 0.2) is 17.5 Å². The highest BCUT2D eigenvalue weighted by molar-refractivity contribution is 7.16. The molecule has 0 radical (unpaired) electrons. The van der Waals surface area contributed by atoms with E-state index in [1.807, 2.05) is 0 Å². The molecule has 0 amide bonds. The third-order valence-electron chi connectivity index (χ3n) is 3.79. The number of carboxylic acids is 1. The molecule has 1 unspecified atom stereocenters. The van der Waals surface area contributed by atoms with Crippen LogP contribution in [0.3, 0.4) is 0 Å². The van der Waals surface area contributed by atoms with E-state index in [1.54, 1.807) is 0 Å². The number of hydrogen-bond donors (Lipinski definition) is 2. The number of hydrogen-bond acceptors (Lipinski definition) is 5. The first-order valence-electron chi connectivity index (χ1n) is 6.68. The average molecular weight is 344 g/mol. The van der Waals surface area contributed by atoms with Crippen LogP contribution in [0.5, 0.6) is 0 Å². The van der Waals surface area contributed by atoms with E-state index in [4.69, 9.17) is 10.8 Å². The fourth-order valence-corrected chi connectivity index (χ4v) is 3.61. The van der Waals surface area contributed by atoms with Crippen LogP contribution in [0.2, 0.25) is 0 Å². The van der Waals surface area contributed by atoms with E-state index >= 15 is 0 Å². The van der Waals surface area contributed by atoms with Gasteiger partial charge >= 0.3 is 5.97 Å². The Morgan fingerprint density at radius 1 is 1.30 bits per heavy atom. The number of halogens is 3. The SMILES string of the molecule is NC1CCN(c2c(F)c(F)c3c(=O)c(C(=O)O)csc3c2F)C1. The molecule has 1 aromatic heterocycles. The zero-order chi connectivity index (χ0) is 16.9. The van der Waals surface area contributed by atoms with Crippen LogP contribution in [0.15, 0.2) is 10.2 Å². The van der Waals surface area contributed by atoms with Crippen LogP contribution in [0.1, 0.15) is 16.8 Å². The van der Waals surface area contributed by atoms with Gasteiger partial charge < -0.3 is 15.7 Å². The fourth-order valence-electron chi connectivity index (χ4n) is 2.66. The van der Waals surface area contributed by atoms with Gasteiger partial charge in [-0.1, -0.05) is 0 Å². The Bertz CT molecular complexity index is 884. The minimum Gasteiger partial charge on any atom is -0.478 e. The first-order chi connectivity index (χ1) is 10.8. The van der Waals surface area contributed by atoms with Gasteiger partial charge in [0.2, 0.25) is 5.43 Å². The summed E-state index contributed by atoms with van der Waals surface area (Å²) < 4.78 is 42.8. The number of anilines is 1. The summed E-state index contributed by atoms with van der Waals surface area (Å²) in [7, 11) is 0. The van der Waals surface area contributed by atoms with Crippen molar-refractivity contribution < 1.29 is 23.1 Å². The largest absolute Gasteiger partial charge is 0.478 e. The van der Waals surface area contributed by atoms with Gasteiger partial charge in [-0.2, -0.15) is 0 Å². The van der Waals surface area contributed by atoms with Crippen molar-refractivity contribution in [2.45, 2.75) is 12.5 Å². The van der Waals surface area contributed by atoms with Crippen molar-refractivity contribution >= 4 is 33.1 Å². The molecule has 122 valence electrons. The Labute approximate surface area is 131 Å². The molecule has 23 heavy (non-hydrogen) atoms. The summed E-state index contributed by atoms with van der Waals surface area (Å²) in [5.74, 6) is -5.70. The first kappa shape index (κ1) is 15.8. The van der Waals surface area contributed by atoms with Crippen molar-refractivity contribution in [2.75, 3.05) is 18.0 Å². The van der Waals surface area contributed by atoms with Crippen molar-refractivity contribution in [3.8, 4) is 0 Å². The lowest BCUT2D eigenvalue weighted by Gasteiger charge is -2.20. The zero-order valence-electron chi connectivity index (χ0n) is 11.6. The van der Waals surface area contributed by atoms with Crippen LogP contribution in [0.4, 0.5) is 18.9 Å². The summed E-state index contributed by atoms with van der Waals surface area (Å²) in [5, 5.41) is 8.93. The molecule has 0 aliphatic carbocycles. The van der Waals surface area contributed by atoms with Gasteiger partial charge in [-0.05, 0) is 6.42 Å². The van der Waals surface area contributed by atoms with Gasteiger partial charge in [0.25, 0.3) is 0 Å². The van der Waals surface area contributed by atoms with E-state index in [0.717, 1.165) is 5.38 Å². The zero-order valence-corrected chi connectivity index (χ0v) is 12.4. The second kappa shape index (κ2) is 5.50. The standard InChI is InChI=1S/C14H11F3N2O3S/c15-8-7-12(20)6(14(21)22)4-23-13(7)10(17)11(9(8)16)19-2-1-5(18)3-19/h4-5H,1-3,18H2,(H,21,22). The first-order valence-corrected chi connectivity index (χ1v) is 7.56. The molecule has 9 heteroatoms. The predicted molar refractivity (Wildman–Crippen MR) is 79.7 cm³/mol. The summed E-state index contributed by atoms with van der Waals surface area (Å²) in [5.41, 5.74) is 3.16. The minimum atomic E-state index is -1.58. The number of carboxylic acid groups (broad SMARTS) is 1. The number of carbonyl (C=O) groups is 1. The number of nitrogens with two attached hydrogens (primary N) is 1. The molecule has 1 aliphatic heterocycles. The lowest BCUT2D eigenvalue weighted by Crippen LogP contribution is -2.28. The average Bonchev–Trinajstić information content (AvgIpc) is 2.90. The van der Waals surface area contributed by atoms with Crippen LogP contribution in [-0.4, -0.2) is 30.2 Å². The van der Waals surface area contributed by atoms with Gasteiger partial charge in [-0.25, -0.2) is 18.0 Å². The van der Waals surface area contributed by atoms with Crippen molar-refractivity contribution in [1.29, 1.82) is 0 Å². The predicted octanol–water partition coefficient (Wildman–Crippen LogP) is 1.91. The third kappa shape index (κ3) is 2.36. The topological polar surface area (TPSA) is 83.6 Å².